The predicted molar refractivity (Wildman–Crippen MR) is 65.3 cm³/mol. The summed E-state index contributed by atoms with van der Waals surface area (Å²) < 4.78 is 0. The van der Waals surface area contributed by atoms with Crippen LogP contribution in [0.2, 0.25) is 0 Å². The lowest BCUT2D eigenvalue weighted by molar-refractivity contribution is -0.384. The van der Waals surface area contributed by atoms with Crippen LogP contribution in [0.3, 0.4) is 0 Å². The van der Waals surface area contributed by atoms with Crippen LogP contribution < -0.4 is 10.2 Å². The van der Waals surface area contributed by atoms with E-state index >= 15 is 0 Å². The zero-order valence-electron chi connectivity index (χ0n) is 9.85. The minimum atomic E-state index is -0.361. The van der Waals surface area contributed by atoms with Gasteiger partial charge in [-0.2, -0.15) is 0 Å². The van der Waals surface area contributed by atoms with Crippen molar-refractivity contribution in [3.05, 3.63) is 27.9 Å². The topological polar surface area (TPSA) is 71.3 Å². The number of hydrogen-bond donors (Lipinski definition) is 1. The highest BCUT2D eigenvalue weighted by Gasteiger charge is 2.21. The Morgan fingerprint density at radius 3 is 3.00 bits per heavy atom. The number of pyridine rings is 1. The van der Waals surface area contributed by atoms with E-state index in [0.29, 0.717) is 5.82 Å². The van der Waals surface area contributed by atoms with E-state index in [4.69, 9.17) is 0 Å². The molecule has 2 rings (SSSR count). The number of nitrogens with zero attached hydrogens (tertiary/aromatic N) is 3. The second-order valence-electron chi connectivity index (χ2n) is 4.14. The van der Waals surface area contributed by atoms with E-state index in [-0.39, 0.29) is 10.6 Å². The Labute approximate surface area is 99.8 Å². The van der Waals surface area contributed by atoms with Crippen molar-refractivity contribution in [2.45, 2.75) is 13.3 Å². The molecule has 0 aliphatic carbocycles. The summed E-state index contributed by atoms with van der Waals surface area (Å²) in [6.45, 7) is 5.22. The molecule has 0 atom stereocenters. The van der Waals surface area contributed by atoms with Crippen LogP contribution in [0.1, 0.15) is 12.1 Å². The fraction of sp³-hybridized carbons (Fsp3) is 0.545. The molecule has 0 unspecified atom stereocenters. The molecule has 0 aromatic carbocycles. The normalized spacial score (nSPS) is 16.6. The van der Waals surface area contributed by atoms with Crippen molar-refractivity contribution in [2.24, 2.45) is 0 Å². The zero-order chi connectivity index (χ0) is 12.3. The SMILES string of the molecule is Cc1ccc([N+](=O)[O-])c(N2CCCNCC2)n1. The van der Waals surface area contributed by atoms with Gasteiger partial charge in [0.2, 0.25) is 5.82 Å². The molecule has 1 aromatic heterocycles. The molecule has 1 aliphatic rings. The van der Waals surface area contributed by atoms with Gasteiger partial charge in [-0.15, -0.1) is 0 Å². The van der Waals surface area contributed by atoms with Crippen molar-refractivity contribution >= 4 is 11.5 Å². The van der Waals surface area contributed by atoms with Crippen molar-refractivity contribution in [2.75, 3.05) is 31.1 Å². The zero-order valence-corrected chi connectivity index (χ0v) is 9.85. The summed E-state index contributed by atoms with van der Waals surface area (Å²) in [5.74, 6) is 0.499. The standard InChI is InChI=1S/C11H16N4O2/c1-9-3-4-10(15(16)17)11(13-9)14-7-2-5-12-6-8-14/h3-4,12H,2,5-8H2,1H3. The second-order valence-corrected chi connectivity index (χ2v) is 4.14. The largest absolute Gasteiger partial charge is 0.350 e. The van der Waals surface area contributed by atoms with Crippen molar-refractivity contribution < 1.29 is 4.92 Å². The molecule has 0 amide bonds. The Kier molecular flexibility index (Phi) is 3.53. The predicted octanol–water partition coefficient (Wildman–Crippen LogP) is 1.10. The lowest BCUT2D eigenvalue weighted by Gasteiger charge is -2.20. The third kappa shape index (κ3) is 2.71. The summed E-state index contributed by atoms with van der Waals surface area (Å²) in [7, 11) is 0. The Bertz CT molecular complexity index is 414. The Morgan fingerprint density at radius 1 is 1.41 bits per heavy atom. The van der Waals surface area contributed by atoms with Crippen molar-refractivity contribution in [1.29, 1.82) is 0 Å². The van der Waals surface area contributed by atoms with Crippen molar-refractivity contribution in [3.8, 4) is 0 Å². The Hall–Kier alpha value is -1.69. The molecule has 1 fully saturated rings. The van der Waals surface area contributed by atoms with E-state index in [2.05, 4.69) is 10.3 Å². The summed E-state index contributed by atoms with van der Waals surface area (Å²) in [5, 5.41) is 14.3. The molecule has 17 heavy (non-hydrogen) atoms. The van der Waals surface area contributed by atoms with Crippen LogP contribution in [0, 0.1) is 17.0 Å². The van der Waals surface area contributed by atoms with Crippen LogP contribution in [0.5, 0.6) is 0 Å². The molecular formula is C11H16N4O2. The highest BCUT2D eigenvalue weighted by Crippen LogP contribution is 2.26. The first kappa shape index (κ1) is 11.8. The van der Waals surface area contributed by atoms with E-state index in [0.717, 1.165) is 38.3 Å². The number of nitro groups is 1. The van der Waals surface area contributed by atoms with Gasteiger partial charge in [0.1, 0.15) is 0 Å². The summed E-state index contributed by atoms with van der Waals surface area (Å²) in [5.41, 5.74) is 0.903. The molecule has 1 N–H and O–H groups in total. The molecular weight excluding hydrogens is 220 g/mol. The number of hydrogen-bond acceptors (Lipinski definition) is 5. The van der Waals surface area contributed by atoms with E-state index in [9.17, 15) is 10.1 Å². The third-order valence-corrected chi connectivity index (χ3v) is 2.83. The summed E-state index contributed by atoms with van der Waals surface area (Å²) >= 11 is 0. The molecule has 1 aromatic rings. The van der Waals surface area contributed by atoms with E-state index in [1.54, 1.807) is 6.07 Å². The van der Waals surface area contributed by atoms with E-state index in [1.807, 2.05) is 11.8 Å². The molecule has 1 saturated heterocycles. The number of rotatable bonds is 2. The molecule has 92 valence electrons. The van der Waals surface area contributed by atoms with E-state index < -0.39 is 0 Å². The van der Waals surface area contributed by atoms with Crippen LogP contribution in [0.15, 0.2) is 12.1 Å². The van der Waals surface area contributed by atoms with Gasteiger partial charge in [-0.05, 0) is 26.0 Å². The highest BCUT2D eigenvalue weighted by atomic mass is 16.6. The maximum atomic E-state index is 11.0. The third-order valence-electron chi connectivity index (χ3n) is 2.83. The van der Waals surface area contributed by atoms with Gasteiger partial charge in [0, 0.05) is 31.4 Å². The average molecular weight is 236 g/mol. The molecule has 2 heterocycles. The van der Waals surface area contributed by atoms with Crippen LogP contribution in [0.4, 0.5) is 11.5 Å². The average Bonchev–Trinajstić information content (AvgIpc) is 2.56. The first-order valence-electron chi connectivity index (χ1n) is 5.76. The van der Waals surface area contributed by atoms with Crippen LogP contribution >= 0.6 is 0 Å². The van der Waals surface area contributed by atoms with Gasteiger partial charge in [0.05, 0.1) is 4.92 Å². The van der Waals surface area contributed by atoms with Gasteiger partial charge in [0.25, 0.3) is 0 Å². The first-order valence-corrected chi connectivity index (χ1v) is 5.76. The van der Waals surface area contributed by atoms with Gasteiger partial charge >= 0.3 is 5.69 Å². The molecule has 6 heteroatoms. The highest BCUT2D eigenvalue weighted by molar-refractivity contribution is 5.58. The maximum absolute atomic E-state index is 11.0. The summed E-state index contributed by atoms with van der Waals surface area (Å²) in [6.07, 6.45) is 0.979. The molecule has 0 radical (unpaired) electrons. The van der Waals surface area contributed by atoms with Gasteiger partial charge in [-0.3, -0.25) is 10.1 Å². The Balaban J connectivity index is 2.34. The van der Waals surface area contributed by atoms with Crippen molar-refractivity contribution in [3.63, 3.8) is 0 Å². The molecule has 6 nitrogen and oxygen atoms in total. The quantitative estimate of drug-likeness (QED) is 0.615. The number of nitrogens with one attached hydrogen (secondary N) is 1. The monoisotopic (exact) mass is 236 g/mol. The van der Waals surface area contributed by atoms with Gasteiger partial charge in [0.15, 0.2) is 0 Å². The number of aromatic nitrogens is 1. The first-order chi connectivity index (χ1) is 8.18. The van der Waals surface area contributed by atoms with Gasteiger partial charge in [-0.1, -0.05) is 0 Å². The minimum absolute atomic E-state index is 0.0949. The summed E-state index contributed by atoms with van der Waals surface area (Å²) in [4.78, 5) is 16.9. The molecule has 0 spiro atoms. The second kappa shape index (κ2) is 5.09. The molecule has 1 aliphatic heterocycles. The van der Waals surface area contributed by atoms with E-state index in [1.165, 1.54) is 6.07 Å². The number of anilines is 1. The number of aryl methyl sites for hydroxylation is 1. The maximum Gasteiger partial charge on any atom is 0.311 e. The molecule has 0 bridgehead atoms. The van der Waals surface area contributed by atoms with Crippen molar-refractivity contribution in [1.82, 2.24) is 10.3 Å². The molecule has 0 saturated carbocycles. The lowest BCUT2D eigenvalue weighted by atomic mass is 10.3. The minimum Gasteiger partial charge on any atom is -0.350 e. The lowest BCUT2D eigenvalue weighted by Crippen LogP contribution is -2.29. The van der Waals surface area contributed by atoms with Gasteiger partial charge < -0.3 is 10.2 Å². The van der Waals surface area contributed by atoms with Crippen LogP contribution in [-0.2, 0) is 0 Å². The Morgan fingerprint density at radius 2 is 2.24 bits per heavy atom. The fourth-order valence-electron chi connectivity index (χ4n) is 1.97. The fourth-order valence-corrected chi connectivity index (χ4v) is 1.97. The van der Waals surface area contributed by atoms with Gasteiger partial charge in [-0.25, -0.2) is 4.98 Å². The van der Waals surface area contributed by atoms with Crippen LogP contribution in [-0.4, -0.2) is 36.1 Å². The van der Waals surface area contributed by atoms with Crippen LogP contribution in [0.25, 0.3) is 0 Å². The summed E-state index contributed by atoms with van der Waals surface area (Å²) in [6, 6.07) is 3.22. The smallest absolute Gasteiger partial charge is 0.311 e.